The molecular weight excluding hydrogens is 250 g/mol. The average molecular weight is 263 g/mol. The number of phenolic OH excluding ortho intramolecular Hbond substituents is 1. The molecule has 0 radical (unpaired) electrons. The van der Waals surface area contributed by atoms with Crippen molar-refractivity contribution in [2.24, 2.45) is 0 Å². The van der Waals surface area contributed by atoms with Gasteiger partial charge in [-0.2, -0.15) is 0 Å². The van der Waals surface area contributed by atoms with Crippen LogP contribution in [0.5, 0.6) is 11.5 Å². The fraction of sp³-hybridized carbons (Fsp3) is 0.154. The molecule has 0 spiro atoms. The Labute approximate surface area is 109 Å². The highest BCUT2D eigenvalue weighted by Gasteiger charge is 2.14. The molecule has 0 aliphatic heterocycles. The summed E-state index contributed by atoms with van der Waals surface area (Å²) in [5.41, 5.74) is 1.48. The third kappa shape index (κ3) is 2.46. The average Bonchev–Trinajstić information content (AvgIpc) is 2.81. The normalized spacial score (nSPS) is 10.1. The molecule has 18 heavy (non-hydrogen) atoms. The summed E-state index contributed by atoms with van der Waals surface area (Å²) in [5, 5.41) is 13.9. The smallest absolute Gasteiger partial charge is 0.269 e. The molecule has 1 aromatic carbocycles. The highest BCUT2D eigenvalue weighted by Crippen LogP contribution is 2.27. The van der Waals surface area contributed by atoms with E-state index in [1.807, 2.05) is 6.92 Å². The fourth-order valence-corrected chi connectivity index (χ4v) is 2.34. The zero-order valence-electron chi connectivity index (χ0n) is 10.1. The molecule has 0 aliphatic carbocycles. The van der Waals surface area contributed by atoms with E-state index in [9.17, 15) is 9.90 Å². The van der Waals surface area contributed by atoms with Crippen LogP contribution in [0.15, 0.2) is 29.6 Å². The first-order chi connectivity index (χ1) is 8.61. The van der Waals surface area contributed by atoms with Crippen molar-refractivity contribution in [3.05, 3.63) is 40.1 Å². The highest BCUT2D eigenvalue weighted by molar-refractivity contribution is 7.12. The Morgan fingerprint density at radius 1 is 1.39 bits per heavy atom. The largest absolute Gasteiger partial charge is 0.508 e. The number of rotatable bonds is 3. The predicted molar refractivity (Wildman–Crippen MR) is 71.7 cm³/mol. The molecule has 0 aliphatic rings. The van der Waals surface area contributed by atoms with Gasteiger partial charge in [0.15, 0.2) is 0 Å². The maximum Gasteiger partial charge on any atom is 0.269 e. The van der Waals surface area contributed by atoms with Gasteiger partial charge in [0.2, 0.25) is 0 Å². The third-order valence-corrected chi connectivity index (χ3v) is 3.41. The summed E-state index contributed by atoms with van der Waals surface area (Å²) >= 11 is 1.32. The molecule has 5 heteroatoms. The SMILES string of the molecule is COc1ccsc1C(=O)Nc1ccc(O)cc1C. The minimum atomic E-state index is -0.212. The second-order valence-corrected chi connectivity index (χ2v) is 4.69. The molecular formula is C13H13NO3S. The zero-order valence-corrected chi connectivity index (χ0v) is 10.9. The van der Waals surface area contributed by atoms with Gasteiger partial charge in [0.25, 0.3) is 5.91 Å². The lowest BCUT2D eigenvalue weighted by molar-refractivity contribution is 0.102. The molecule has 1 heterocycles. The predicted octanol–water partition coefficient (Wildman–Crippen LogP) is 3.02. The molecule has 0 saturated carbocycles. The first-order valence-electron chi connectivity index (χ1n) is 5.34. The Hall–Kier alpha value is -2.01. The van der Waals surface area contributed by atoms with Gasteiger partial charge in [0.1, 0.15) is 16.4 Å². The minimum absolute atomic E-state index is 0.180. The quantitative estimate of drug-likeness (QED) is 0.837. The number of hydrogen-bond donors (Lipinski definition) is 2. The second-order valence-electron chi connectivity index (χ2n) is 3.77. The van der Waals surface area contributed by atoms with Crippen molar-refractivity contribution < 1.29 is 14.6 Å². The van der Waals surface area contributed by atoms with Gasteiger partial charge in [-0.15, -0.1) is 11.3 Å². The summed E-state index contributed by atoms with van der Waals surface area (Å²) in [5.74, 6) is 0.531. The van der Waals surface area contributed by atoms with Crippen LogP contribution in [0.3, 0.4) is 0 Å². The van der Waals surface area contributed by atoms with Crippen molar-refractivity contribution in [2.75, 3.05) is 12.4 Å². The van der Waals surface area contributed by atoms with Gasteiger partial charge in [-0.25, -0.2) is 0 Å². The molecule has 2 aromatic rings. The van der Waals surface area contributed by atoms with E-state index in [-0.39, 0.29) is 11.7 Å². The Morgan fingerprint density at radius 2 is 2.17 bits per heavy atom. The van der Waals surface area contributed by atoms with E-state index in [4.69, 9.17) is 4.74 Å². The number of methoxy groups -OCH3 is 1. The van der Waals surface area contributed by atoms with Crippen molar-refractivity contribution in [1.29, 1.82) is 0 Å². The Balaban J connectivity index is 2.21. The molecule has 1 aromatic heterocycles. The summed E-state index contributed by atoms with van der Waals surface area (Å²) in [7, 11) is 1.53. The van der Waals surface area contributed by atoms with Gasteiger partial charge in [0, 0.05) is 5.69 Å². The lowest BCUT2D eigenvalue weighted by Crippen LogP contribution is -2.12. The van der Waals surface area contributed by atoms with Crippen molar-refractivity contribution in [3.63, 3.8) is 0 Å². The van der Waals surface area contributed by atoms with Gasteiger partial charge in [-0.1, -0.05) is 0 Å². The molecule has 1 amide bonds. The number of anilines is 1. The Kier molecular flexibility index (Phi) is 3.53. The van der Waals surface area contributed by atoms with Crippen LogP contribution in [-0.2, 0) is 0 Å². The molecule has 2 N–H and O–H groups in total. The molecule has 94 valence electrons. The molecule has 0 saturated heterocycles. The maximum atomic E-state index is 12.0. The Bertz CT molecular complexity index is 577. The van der Waals surface area contributed by atoms with E-state index in [2.05, 4.69) is 5.32 Å². The first kappa shape index (κ1) is 12.4. The number of aromatic hydroxyl groups is 1. The van der Waals surface area contributed by atoms with E-state index in [1.54, 1.807) is 23.6 Å². The van der Waals surface area contributed by atoms with E-state index < -0.39 is 0 Å². The number of carbonyl (C=O) groups excluding carboxylic acids is 1. The van der Waals surface area contributed by atoms with Crippen LogP contribution in [0.25, 0.3) is 0 Å². The topological polar surface area (TPSA) is 58.6 Å². The van der Waals surface area contributed by atoms with Crippen molar-refractivity contribution in [2.45, 2.75) is 6.92 Å². The van der Waals surface area contributed by atoms with Crippen LogP contribution in [0.1, 0.15) is 15.2 Å². The molecule has 4 nitrogen and oxygen atoms in total. The highest BCUT2D eigenvalue weighted by atomic mass is 32.1. The number of phenols is 1. The number of hydrogen-bond acceptors (Lipinski definition) is 4. The number of nitrogens with one attached hydrogen (secondary N) is 1. The fourth-order valence-electron chi connectivity index (χ4n) is 1.59. The summed E-state index contributed by atoms with van der Waals surface area (Å²) in [6.07, 6.45) is 0. The summed E-state index contributed by atoms with van der Waals surface area (Å²) in [6, 6.07) is 6.56. The summed E-state index contributed by atoms with van der Waals surface area (Å²) < 4.78 is 5.10. The monoisotopic (exact) mass is 263 g/mol. The van der Waals surface area contributed by atoms with E-state index in [0.29, 0.717) is 16.3 Å². The molecule has 0 unspecified atom stereocenters. The number of aryl methyl sites for hydroxylation is 1. The zero-order chi connectivity index (χ0) is 13.1. The number of ether oxygens (including phenoxy) is 1. The number of carbonyl (C=O) groups is 1. The van der Waals surface area contributed by atoms with Crippen LogP contribution >= 0.6 is 11.3 Å². The summed E-state index contributed by atoms with van der Waals surface area (Å²) in [4.78, 5) is 12.6. The first-order valence-corrected chi connectivity index (χ1v) is 6.22. The van der Waals surface area contributed by atoms with Gasteiger partial charge in [0.05, 0.1) is 7.11 Å². The summed E-state index contributed by atoms with van der Waals surface area (Å²) in [6.45, 7) is 1.82. The van der Waals surface area contributed by atoms with Crippen LogP contribution in [-0.4, -0.2) is 18.1 Å². The van der Waals surface area contributed by atoms with Gasteiger partial charge in [-0.05, 0) is 42.1 Å². The third-order valence-electron chi connectivity index (χ3n) is 2.51. The molecule has 0 atom stereocenters. The maximum absolute atomic E-state index is 12.0. The van der Waals surface area contributed by atoms with Gasteiger partial charge in [-0.3, -0.25) is 4.79 Å². The number of benzene rings is 1. The van der Waals surface area contributed by atoms with Gasteiger partial charge >= 0.3 is 0 Å². The molecule has 0 bridgehead atoms. The lowest BCUT2D eigenvalue weighted by atomic mass is 10.2. The van der Waals surface area contributed by atoms with Crippen molar-refractivity contribution in [3.8, 4) is 11.5 Å². The van der Waals surface area contributed by atoms with Crippen molar-refractivity contribution >= 4 is 22.9 Å². The second kappa shape index (κ2) is 5.10. The minimum Gasteiger partial charge on any atom is -0.508 e. The van der Waals surface area contributed by atoms with E-state index in [0.717, 1.165) is 5.56 Å². The Morgan fingerprint density at radius 3 is 2.83 bits per heavy atom. The lowest BCUT2D eigenvalue weighted by Gasteiger charge is -2.08. The van der Waals surface area contributed by atoms with Crippen molar-refractivity contribution in [1.82, 2.24) is 0 Å². The standard InChI is InChI=1S/C13H13NO3S/c1-8-7-9(15)3-4-10(8)14-13(16)12-11(17-2)5-6-18-12/h3-7,15H,1-2H3,(H,14,16). The number of thiophene rings is 1. The van der Waals surface area contributed by atoms with Crippen LogP contribution in [0.2, 0.25) is 0 Å². The van der Waals surface area contributed by atoms with Crippen LogP contribution in [0.4, 0.5) is 5.69 Å². The van der Waals surface area contributed by atoms with Gasteiger partial charge < -0.3 is 15.2 Å². The molecule has 2 rings (SSSR count). The van der Waals surface area contributed by atoms with Crippen LogP contribution in [0, 0.1) is 6.92 Å². The van der Waals surface area contributed by atoms with Crippen LogP contribution < -0.4 is 10.1 Å². The van der Waals surface area contributed by atoms with E-state index >= 15 is 0 Å². The molecule has 0 fully saturated rings. The van der Waals surface area contributed by atoms with E-state index in [1.165, 1.54) is 24.5 Å². The number of amides is 1.